The van der Waals surface area contributed by atoms with E-state index >= 15 is 0 Å². The molecule has 0 saturated heterocycles. The van der Waals surface area contributed by atoms with E-state index in [1.54, 1.807) is 0 Å². The molecule has 0 heterocycles. The van der Waals surface area contributed by atoms with Gasteiger partial charge in [0.25, 0.3) is 0 Å². The van der Waals surface area contributed by atoms with Gasteiger partial charge in [0.2, 0.25) is 0 Å². The standard InChI is InChI=1S/C15H26O2/c1-12(2)9-15(17)13(3)6-5-7-14(15,4)11(16)8-10(12)13/h10-11,16-17H,5-9H2,1-4H3/t10-,11+,13-,14+,15-/m0/s1. The molecule has 0 radical (unpaired) electrons. The van der Waals surface area contributed by atoms with Crippen LogP contribution < -0.4 is 0 Å². The normalized spacial score (nSPS) is 60.4. The molecule has 0 aromatic rings. The van der Waals surface area contributed by atoms with E-state index in [4.69, 9.17) is 0 Å². The van der Waals surface area contributed by atoms with Crippen molar-refractivity contribution in [2.45, 2.75) is 71.5 Å². The van der Waals surface area contributed by atoms with Crippen LogP contribution in [0.15, 0.2) is 0 Å². The molecule has 4 bridgehead atoms. The van der Waals surface area contributed by atoms with Crippen molar-refractivity contribution in [1.82, 2.24) is 0 Å². The van der Waals surface area contributed by atoms with Gasteiger partial charge in [0.1, 0.15) is 0 Å². The Morgan fingerprint density at radius 3 is 2.24 bits per heavy atom. The number of rotatable bonds is 0. The summed E-state index contributed by atoms with van der Waals surface area (Å²) in [4.78, 5) is 0. The predicted octanol–water partition coefficient (Wildman–Crippen LogP) is 2.72. The van der Waals surface area contributed by atoms with Crippen LogP contribution in [-0.4, -0.2) is 21.9 Å². The van der Waals surface area contributed by atoms with E-state index < -0.39 is 5.60 Å². The monoisotopic (exact) mass is 238 g/mol. The van der Waals surface area contributed by atoms with Crippen LogP contribution in [0.4, 0.5) is 0 Å². The molecule has 0 aromatic heterocycles. The van der Waals surface area contributed by atoms with E-state index in [0.717, 1.165) is 32.1 Å². The zero-order valence-electron chi connectivity index (χ0n) is 11.6. The summed E-state index contributed by atoms with van der Waals surface area (Å²) in [5.41, 5.74) is -0.774. The lowest BCUT2D eigenvalue weighted by Gasteiger charge is -2.62. The molecular formula is C15H26O2. The number of aliphatic hydroxyl groups is 2. The third-order valence-corrected chi connectivity index (χ3v) is 6.90. The average Bonchev–Trinajstić information content (AvgIpc) is 2.30. The van der Waals surface area contributed by atoms with E-state index in [0.29, 0.717) is 5.92 Å². The van der Waals surface area contributed by atoms with E-state index in [1.165, 1.54) is 0 Å². The summed E-state index contributed by atoms with van der Waals surface area (Å²) in [6, 6.07) is 0. The molecule has 3 saturated carbocycles. The minimum atomic E-state index is -0.663. The van der Waals surface area contributed by atoms with E-state index in [2.05, 4.69) is 27.7 Å². The van der Waals surface area contributed by atoms with Gasteiger partial charge in [-0.15, -0.1) is 0 Å². The van der Waals surface area contributed by atoms with Gasteiger partial charge in [-0.05, 0) is 37.0 Å². The van der Waals surface area contributed by atoms with Gasteiger partial charge < -0.3 is 10.2 Å². The molecule has 0 unspecified atom stereocenters. The fourth-order valence-corrected chi connectivity index (χ4v) is 5.90. The zero-order valence-corrected chi connectivity index (χ0v) is 11.6. The van der Waals surface area contributed by atoms with Crippen LogP contribution in [0.1, 0.15) is 59.8 Å². The molecule has 3 rings (SSSR count). The van der Waals surface area contributed by atoms with Crippen molar-refractivity contribution in [3.63, 3.8) is 0 Å². The topological polar surface area (TPSA) is 40.5 Å². The van der Waals surface area contributed by atoms with Crippen molar-refractivity contribution in [2.24, 2.45) is 22.2 Å². The third-order valence-electron chi connectivity index (χ3n) is 6.90. The molecule has 5 atom stereocenters. The lowest BCUT2D eigenvalue weighted by atomic mass is 9.46. The van der Waals surface area contributed by atoms with Gasteiger partial charge in [0.05, 0.1) is 11.7 Å². The predicted molar refractivity (Wildman–Crippen MR) is 67.5 cm³/mol. The van der Waals surface area contributed by atoms with Crippen molar-refractivity contribution in [2.75, 3.05) is 0 Å². The van der Waals surface area contributed by atoms with Crippen LogP contribution in [0, 0.1) is 22.2 Å². The Labute approximate surface area is 104 Å². The lowest BCUT2D eigenvalue weighted by Crippen LogP contribution is -2.66. The summed E-state index contributed by atoms with van der Waals surface area (Å²) in [5, 5.41) is 21.9. The Morgan fingerprint density at radius 2 is 1.59 bits per heavy atom. The van der Waals surface area contributed by atoms with Crippen LogP contribution in [0.3, 0.4) is 0 Å². The first-order chi connectivity index (χ1) is 7.67. The van der Waals surface area contributed by atoms with Crippen molar-refractivity contribution in [1.29, 1.82) is 0 Å². The minimum absolute atomic E-state index is 0.0166. The first-order valence-corrected chi connectivity index (χ1v) is 7.08. The molecule has 3 fully saturated rings. The van der Waals surface area contributed by atoms with Gasteiger partial charge in [-0.25, -0.2) is 0 Å². The molecule has 2 heteroatoms. The van der Waals surface area contributed by atoms with Crippen molar-refractivity contribution < 1.29 is 10.2 Å². The van der Waals surface area contributed by atoms with Gasteiger partial charge in [0, 0.05) is 10.8 Å². The van der Waals surface area contributed by atoms with Gasteiger partial charge in [0.15, 0.2) is 0 Å². The summed E-state index contributed by atoms with van der Waals surface area (Å²) in [5.74, 6) is 0.461. The Balaban J connectivity index is 2.20. The third kappa shape index (κ3) is 1.06. The zero-order chi connectivity index (χ0) is 12.7. The molecule has 0 aliphatic heterocycles. The highest BCUT2D eigenvalue weighted by Crippen LogP contribution is 2.74. The van der Waals surface area contributed by atoms with Crippen molar-refractivity contribution in [3.8, 4) is 0 Å². The van der Waals surface area contributed by atoms with Crippen LogP contribution in [0.2, 0.25) is 0 Å². The Morgan fingerprint density at radius 1 is 1.00 bits per heavy atom. The van der Waals surface area contributed by atoms with E-state index in [9.17, 15) is 10.2 Å². The molecular weight excluding hydrogens is 212 g/mol. The average molecular weight is 238 g/mol. The first kappa shape index (κ1) is 12.0. The molecule has 0 spiro atoms. The second-order valence-electron chi connectivity index (χ2n) is 8.02. The number of hydrogen-bond acceptors (Lipinski definition) is 2. The van der Waals surface area contributed by atoms with Crippen LogP contribution in [-0.2, 0) is 0 Å². The van der Waals surface area contributed by atoms with Crippen LogP contribution in [0.25, 0.3) is 0 Å². The lowest BCUT2D eigenvalue weighted by molar-refractivity contribution is -0.247. The summed E-state index contributed by atoms with van der Waals surface area (Å²) in [6.45, 7) is 8.94. The van der Waals surface area contributed by atoms with Gasteiger partial charge in [-0.3, -0.25) is 0 Å². The van der Waals surface area contributed by atoms with Crippen LogP contribution in [0.5, 0.6) is 0 Å². The molecule has 0 aromatic carbocycles. The summed E-state index contributed by atoms with van der Waals surface area (Å²) < 4.78 is 0. The van der Waals surface area contributed by atoms with E-state index in [1.807, 2.05) is 0 Å². The maximum atomic E-state index is 11.4. The first-order valence-electron chi connectivity index (χ1n) is 7.08. The summed E-state index contributed by atoms with van der Waals surface area (Å²) >= 11 is 0. The fourth-order valence-electron chi connectivity index (χ4n) is 5.90. The van der Waals surface area contributed by atoms with Gasteiger partial charge in [-0.1, -0.05) is 34.1 Å². The Hall–Kier alpha value is -0.0800. The quantitative estimate of drug-likeness (QED) is 0.681. The second kappa shape index (κ2) is 2.91. The Bertz CT molecular complexity index is 364. The van der Waals surface area contributed by atoms with Gasteiger partial charge in [-0.2, -0.15) is 0 Å². The van der Waals surface area contributed by atoms with E-state index in [-0.39, 0.29) is 22.3 Å². The van der Waals surface area contributed by atoms with Crippen LogP contribution >= 0.6 is 0 Å². The van der Waals surface area contributed by atoms with Crippen molar-refractivity contribution >= 4 is 0 Å². The molecule has 3 aliphatic carbocycles. The highest BCUT2D eigenvalue weighted by Gasteiger charge is 2.75. The molecule has 3 aliphatic rings. The smallest absolute Gasteiger partial charge is 0.0787 e. The second-order valence-corrected chi connectivity index (χ2v) is 8.02. The molecule has 17 heavy (non-hydrogen) atoms. The summed E-state index contributed by atoms with van der Waals surface area (Å²) in [6.07, 6.45) is 4.66. The fraction of sp³-hybridized carbons (Fsp3) is 1.00. The maximum Gasteiger partial charge on any atom is 0.0787 e. The summed E-state index contributed by atoms with van der Waals surface area (Å²) in [7, 11) is 0. The van der Waals surface area contributed by atoms with Crippen molar-refractivity contribution in [3.05, 3.63) is 0 Å². The van der Waals surface area contributed by atoms with Gasteiger partial charge >= 0.3 is 0 Å². The molecule has 0 amide bonds. The molecule has 2 nitrogen and oxygen atoms in total. The minimum Gasteiger partial charge on any atom is -0.392 e. The Kier molecular flexibility index (Phi) is 2.05. The largest absolute Gasteiger partial charge is 0.392 e. The number of hydrogen-bond donors (Lipinski definition) is 2. The SMILES string of the molecule is CC1(C)C[C@]2(O)[C@@]3(C)CCC[C@]2(C)[C@H](O)C[C@@H]13. The number of aliphatic hydroxyl groups excluding tert-OH is 1. The highest BCUT2D eigenvalue weighted by atomic mass is 16.3. The highest BCUT2D eigenvalue weighted by molar-refractivity contribution is 5.24. The molecule has 2 N–H and O–H groups in total. The maximum absolute atomic E-state index is 11.4. The molecule has 98 valence electrons.